The third-order valence-corrected chi connectivity index (χ3v) is 6.85. The molecule has 0 amide bonds. The number of anilines is 1. The Bertz CT molecular complexity index is 870. The van der Waals surface area contributed by atoms with Crippen LogP contribution in [0.15, 0.2) is 64.7 Å². The second-order valence-corrected chi connectivity index (χ2v) is 9.90. The minimum absolute atomic E-state index is 0.00346. The first-order valence-electron chi connectivity index (χ1n) is 8.47. The SMILES string of the molecule is CC1(C)CC(=O)C2=C(C1)Nc1ccccc1SC2c1ccc(I)cc1. The minimum Gasteiger partial charge on any atom is -0.358 e. The number of carbonyl (C=O) groups is 1. The van der Waals surface area contributed by atoms with E-state index in [-0.39, 0.29) is 16.4 Å². The number of carbonyl (C=O) groups excluding carboxylic acids is 1. The number of Topliss-reactive ketones (excluding diaryl/α,β-unsaturated/α-hetero) is 1. The average molecular weight is 461 g/mol. The van der Waals surface area contributed by atoms with Crippen LogP contribution in [0.25, 0.3) is 0 Å². The van der Waals surface area contributed by atoms with Crippen molar-refractivity contribution < 1.29 is 4.79 Å². The van der Waals surface area contributed by atoms with Gasteiger partial charge in [-0.1, -0.05) is 38.1 Å². The lowest BCUT2D eigenvalue weighted by atomic mass is 9.74. The van der Waals surface area contributed by atoms with E-state index >= 15 is 0 Å². The van der Waals surface area contributed by atoms with Crippen LogP contribution in [-0.4, -0.2) is 5.78 Å². The first-order chi connectivity index (χ1) is 11.9. The van der Waals surface area contributed by atoms with E-state index in [1.165, 1.54) is 14.0 Å². The molecule has 4 rings (SSSR count). The van der Waals surface area contributed by atoms with Crippen LogP contribution in [0.5, 0.6) is 0 Å². The summed E-state index contributed by atoms with van der Waals surface area (Å²) in [5.74, 6) is 0.280. The lowest BCUT2D eigenvalue weighted by Gasteiger charge is -2.33. The van der Waals surface area contributed by atoms with Gasteiger partial charge in [0.05, 0.1) is 10.9 Å². The number of ketones is 1. The topological polar surface area (TPSA) is 29.1 Å². The van der Waals surface area contributed by atoms with E-state index in [2.05, 4.69) is 84.2 Å². The molecule has 0 saturated heterocycles. The van der Waals surface area contributed by atoms with Crippen molar-refractivity contribution in [1.82, 2.24) is 0 Å². The highest BCUT2D eigenvalue weighted by Gasteiger charge is 2.38. The molecule has 0 spiro atoms. The quantitative estimate of drug-likeness (QED) is 0.514. The molecule has 25 heavy (non-hydrogen) atoms. The Kier molecular flexibility index (Phi) is 4.44. The van der Waals surface area contributed by atoms with Crippen LogP contribution >= 0.6 is 34.4 Å². The van der Waals surface area contributed by atoms with Gasteiger partial charge < -0.3 is 5.32 Å². The van der Waals surface area contributed by atoms with E-state index in [9.17, 15) is 4.79 Å². The fraction of sp³-hybridized carbons (Fsp3) is 0.286. The van der Waals surface area contributed by atoms with Crippen molar-refractivity contribution >= 4 is 45.8 Å². The van der Waals surface area contributed by atoms with Crippen LogP contribution in [0.1, 0.15) is 37.5 Å². The van der Waals surface area contributed by atoms with E-state index in [1.54, 1.807) is 11.8 Å². The highest BCUT2D eigenvalue weighted by atomic mass is 127. The Morgan fingerprint density at radius 1 is 1.08 bits per heavy atom. The van der Waals surface area contributed by atoms with Crippen molar-refractivity contribution in [2.45, 2.75) is 36.8 Å². The number of para-hydroxylation sites is 1. The van der Waals surface area contributed by atoms with Gasteiger partial charge in [0.15, 0.2) is 5.78 Å². The molecule has 1 aliphatic heterocycles. The van der Waals surface area contributed by atoms with E-state index < -0.39 is 0 Å². The molecule has 0 aromatic heterocycles. The predicted molar refractivity (Wildman–Crippen MR) is 113 cm³/mol. The van der Waals surface area contributed by atoms with Crippen molar-refractivity contribution in [2.24, 2.45) is 5.41 Å². The van der Waals surface area contributed by atoms with Gasteiger partial charge in [0.2, 0.25) is 0 Å². The number of rotatable bonds is 1. The van der Waals surface area contributed by atoms with E-state index in [0.717, 1.165) is 23.4 Å². The molecule has 2 aromatic rings. The highest BCUT2D eigenvalue weighted by molar-refractivity contribution is 14.1. The third kappa shape index (κ3) is 3.38. The van der Waals surface area contributed by atoms with E-state index in [1.807, 2.05) is 6.07 Å². The first kappa shape index (κ1) is 17.2. The zero-order valence-electron chi connectivity index (χ0n) is 14.3. The number of benzene rings is 2. The van der Waals surface area contributed by atoms with E-state index in [0.29, 0.717) is 6.42 Å². The van der Waals surface area contributed by atoms with Crippen LogP contribution in [0.2, 0.25) is 0 Å². The minimum atomic E-state index is 0.00346. The number of thioether (sulfide) groups is 1. The number of allylic oxidation sites excluding steroid dienone is 1. The van der Waals surface area contributed by atoms with Crippen molar-refractivity contribution in [3.8, 4) is 0 Å². The molecule has 1 N–H and O–H groups in total. The monoisotopic (exact) mass is 461 g/mol. The van der Waals surface area contributed by atoms with Crippen LogP contribution in [0.3, 0.4) is 0 Å². The lowest BCUT2D eigenvalue weighted by Crippen LogP contribution is -2.29. The number of hydrogen-bond donors (Lipinski definition) is 1. The number of nitrogens with one attached hydrogen (secondary N) is 1. The summed E-state index contributed by atoms with van der Waals surface area (Å²) >= 11 is 4.11. The summed E-state index contributed by atoms with van der Waals surface area (Å²) < 4.78 is 1.21. The van der Waals surface area contributed by atoms with Crippen LogP contribution in [0.4, 0.5) is 5.69 Å². The molecule has 2 aliphatic rings. The summed E-state index contributed by atoms with van der Waals surface area (Å²) in [5.41, 5.74) is 4.37. The molecule has 0 bridgehead atoms. The fourth-order valence-electron chi connectivity index (χ4n) is 3.64. The Balaban J connectivity index is 1.88. The van der Waals surface area contributed by atoms with Gasteiger partial charge in [-0.15, -0.1) is 11.8 Å². The number of halogens is 1. The standard InChI is InChI=1S/C21H20INOS/c1-21(2)11-16-19(17(24)12-21)20(13-7-9-14(22)10-8-13)25-18-6-4-3-5-15(18)23-16/h3-10,20,23H,11-12H2,1-2H3. The Morgan fingerprint density at radius 3 is 2.56 bits per heavy atom. The van der Waals surface area contributed by atoms with Gasteiger partial charge in [0.1, 0.15) is 0 Å². The molecule has 2 aromatic carbocycles. The maximum atomic E-state index is 13.1. The molecular formula is C21H20INOS. The molecule has 0 fully saturated rings. The third-order valence-electron chi connectivity index (χ3n) is 4.77. The number of hydrogen-bond acceptors (Lipinski definition) is 3. The molecule has 0 radical (unpaired) electrons. The van der Waals surface area contributed by atoms with Crippen LogP contribution < -0.4 is 5.32 Å². The summed E-state index contributed by atoms with van der Waals surface area (Å²) in [5, 5.41) is 3.64. The van der Waals surface area contributed by atoms with Crippen molar-refractivity contribution in [2.75, 3.05) is 5.32 Å². The van der Waals surface area contributed by atoms with E-state index in [4.69, 9.17) is 0 Å². The summed E-state index contributed by atoms with van der Waals surface area (Å²) in [7, 11) is 0. The van der Waals surface area contributed by atoms with Gasteiger partial charge in [-0.05, 0) is 64.3 Å². The van der Waals surface area contributed by atoms with Crippen LogP contribution in [-0.2, 0) is 4.79 Å². The number of fused-ring (bicyclic) bond motifs is 1. The fourth-order valence-corrected chi connectivity index (χ4v) is 5.35. The zero-order valence-corrected chi connectivity index (χ0v) is 17.3. The van der Waals surface area contributed by atoms with Gasteiger partial charge in [0.25, 0.3) is 0 Å². The normalized spacial score (nSPS) is 21.9. The lowest BCUT2D eigenvalue weighted by molar-refractivity contribution is -0.118. The second-order valence-electron chi connectivity index (χ2n) is 7.50. The molecule has 2 nitrogen and oxygen atoms in total. The first-order valence-corrected chi connectivity index (χ1v) is 10.4. The van der Waals surface area contributed by atoms with Crippen molar-refractivity contribution in [1.29, 1.82) is 0 Å². The smallest absolute Gasteiger partial charge is 0.162 e. The molecule has 4 heteroatoms. The average Bonchev–Trinajstić information content (AvgIpc) is 2.70. The van der Waals surface area contributed by atoms with Crippen LogP contribution in [0, 0.1) is 8.99 Å². The summed E-state index contributed by atoms with van der Waals surface area (Å²) in [4.78, 5) is 14.3. The molecule has 128 valence electrons. The van der Waals surface area contributed by atoms with Gasteiger partial charge in [-0.2, -0.15) is 0 Å². The molecular weight excluding hydrogens is 441 g/mol. The molecule has 1 unspecified atom stereocenters. The maximum absolute atomic E-state index is 13.1. The summed E-state index contributed by atoms with van der Waals surface area (Å²) in [6, 6.07) is 16.9. The van der Waals surface area contributed by atoms with Crippen molar-refractivity contribution in [3.63, 3.8) is 0 Å². The molecule has 1 heterocycles. The summed E-state index contributed by atoms with van der Waals surface area (Å²) in [6.45, 7) is 4.36. The Morgan fingerprint density at radius 2 is 1.80 bits per heavy atom. The van der Waals surface area contributed by atoms with Gasteiger partial charge in [0, 0.05) is 26.2 Å². The molecule has 1 atom stereocenters. The van der Waals surface area contributed by atoms with Gasteiger partial charge in [-0.3, -0.25) is 4.79 Å². The van der Waals surface area contributed by atoms with Crippen molar-refractivity contribution in [3.05, 3.63) is 68.9 Å². The highest BCUT2D eigenvalue weighted by Crippen LogP contribution is 2.51. The zero-order chi connectivity index (χ0) is 17.6. The Hall–Kier alpha value is -1.27. The maximum Gasteiger partial charge on any atom is 0.162 e. The van der Waals surface area contributed by atoms with Gasteiger partial charge >= 0.3 is 0 Å². The summed E-state index contributed by atoms with van der Waals surface area (Å²) in [6.07, 6.45) is 1.52. The molecule has 1 aliphatic carbocycles. The van der Waals surface area contributed by atoms with Gasteiger partial charge in [-0.25, -0.2) is 0 Å². The second kappa shape index (κ2) is 6.47. The molecule has 0 saturated carbocycles. The largest absolute Gasteiger partial charge is 0.358 e. The Labute approximate surface area is 166 Å². The predicted octanol–water partition coefficient (Wildman–Crippen LogP) is 6.19.